The van der Waals surface area contributed by atoms with E-state index in [9.17, 15) is 9.59 Å². The molecule has 3 rings (SSSR count). The largest absolute Gasteiger partial charge is 0.348 e. The molecule has 2 amide bonds. The molecule has 0 aliphatic heterocycles. The van der Waals surface area contributed by atoms with E-state index in [1.54, 1.807) is 42.7 Å². The van der Waals surface area contributed by atoms with E-state index in [1.165, 1.54) is 11.3 Å². The van der Waals surface area contributed by atoms with E-state index in [-0.39, 0.29) is 11.8 Å². The van der Waals surface area contributed by atoms with Crippen LogP contribution >= 0.6 is 11.3 Å². The number of aromatic nitrogens is 1. The smallest absolute Gasteiger partial charge is 0.265 e. The van der Waals surface area contributed by atoms with Crippen molar-refractivity contribution in [3.8, 4) is 0 Å². The zero-order valence-corrected chi connectivity index (χ0v) is 13.5. The van der Waals surface area contributed by atoms with Gasteiger partial charge in [-0.1, -0.05) is 12.1 Å². The first-order valence-electron chi connectivity index (χ1n) is 7.34. The topological polar surface area (TPSA) is 71.1 Å². The zero-order chi connectivity index (χ0) is 16.8. The van der Waals surface area contributed by atoms with Crippen molar-refractivity contribution in [3.05, 3.63) is 82.3 Å². The van der Waals surface area contributed by atoms with E-state index in [0.29, 0.717) is 22.7 Å². The average Bonchev–Trinajstić information content (AvgIpc) is 3.16. The van der Waals surface area contributed by atoms with Gasteiger partial charge in [-0.25, -0.2) is 0 Å². The number of amides is 2. The summed E-state index contributed by atoms with van der Waals surface area (Å²) in [6.45, 7) is 0.420. The lowest BCUT2D eigenvalue weighted by Crippen LogP contribution is -2.22. The molecule has 3 aromatic rings. The normalized spacial score (nSPS) is 10.2. The van der Waals surface area contributed by atoms with Crippen LogP contribution in [-0.2, 0) is 6.54 Å². The van der Waals surface area contributed by atoms with Gasteiger partial charge in [0.05, 0.1) is 4.88 Å². The maximum absolute atomic E-state index is 12.1. The third kappa shape index (κ3) is 4.05. The highest BCUT2D eigenvalue weighted by Gasteiger charge is 2.08. The Morgan fingerprint density at radius 2 is 1.83 bits per heavy atom. The maximum Gasteiger partial charge on any atom is 0.265 e. The molecule has 1 aromatic carbocycles. The molecule has 0 saturated heterocycles. The number of carbonyl (C=O) groups excluding carboxylic acids is 2. The Labute approximate surface area is 143 Å². The number of anilines is 1. The van der Waals surface area contributed by atoms with Crippen molar-refractivity contribution in [2.24, 2.45) is 0 Å². The first kappa shape index (κ1) is 15.9. The van der Waals surface area contributed by atoms with E-state index in [2.05, 4.69) is 15.6 Å². The Morgan fingerprint density at radius 3 is 2.50 bits per heavy atom. The minimum Gasteiger partial charge on any atom is -0.348 e. The quantitative estimate of drug-likeness (QED) is 0.750. The van der Waals surface area contributed by atoms with Gasteiger partial charge in [-0.15, -0.1) is 11.3 Å². The molecule has 0 unspecified atom stereocenters. The van der Waals surface area contributed by atoms with E-state index in [1.807, 2.05) is 23.6 Å². The van der Waals surface area contributed by atoms with Crippen LogP contribution in [0, 0.1) is 0 Å². The molecule has 2 heterocycles. The summed E-state index contributed by atoms with van der Waals surface area (Å²) in [7, 11) is 0. The van der Waals surface area contributed by atoms with Crippen LogP contribution in [0.1, 0.15) is 25.6 Å². The molecule has 0 bridgehead atoms. The van der Waals surface area contributed by atoms with Crippen LogP contribution in [0.2, 0.25) is 0 Å². The van der Waals surface area contributed by atoms with Gasteiger partial charge in [0.15, 0.2) is 0 Å². The monoisotopic (exact) mass is 337 g/mol. The summed E-state index contributed by atoms with van der Waals surface area (Å²) >= 11 is 1.38. The van der Waals surface area contributed by atoms with Crippen molar-refractivity contribution in [2.45, 2.75) is 6.54 Å². The molecule has 0 radical (unpaired) electrons. The molecule has 2 N–H and O–H groups in total. The number of thiophene rings is 1. The van der Waals surface area contributed by atoms with Crippen molar-refractivity contribution in [2.75, 3.05) is 5.32 Å². The van der Waals surface area contributed by atoms with Gasteiger partial charge in [-0.2, -0.15) is 0 Å². The third-order valence-electron chi connectivity index (χ3n) is 3.33. The summed E-state index contributed by atoms with van der Waals surface area (Å²) in [5.74, 6) is -0.325. The molecular weight excluding hydrogens is 322 g/mol. The second-order valence-electron chi connectivity index (χ2n) is 5.05. The van der Waals surface area contributed by atoms with E-state index in [4.69, 9.17) is 0 Å². The molecule has 0 saturated carbocycles. The Hall–Kier alpha value is -2.99. The van der Waals surface area contributed by atoms with Crippen molar-refractivity contribution in [3.63, 3.8) is 0 Å². The first-order chi connectivity index (χ1) is 11.7. The standard InChI is InChI=1S/C18H15N3O2S/c22-17(20-12-13-3-1-9-19-11-13)14-5-7-15(8-6-14)21-18(23)16-4-2-10-24-16/h1-11H,12H2,(H,20,22)(H,21,23). The van der Waals surface area contributed by atoms with Crippen LogP contribution in [0.15, 0.2) is 66.3 Å². The van der Waals surface area contributed by atoms with Gasteiger partial charge in [0.1, 0.15) is 0 Å². The number of benzene rings is 1. The van der Waals surface area contributed by atoms with Crippen molar-refractivity contribution >= 4 is 28.8 Å². The van der Waals surface area contributed by atoms with Gasteiger partial charge in [-0.05, 0) is 47.3 Å². The number of carbonyl (C=O) groups is 2. The minimum atomic E-state index is -0.171. The molecule has 0 aliphatic carbocycles. The van der Waals surface area contributed by atoms with E-state index >= 15 is 0 Å². The third-order valence-corrected chi connectivity index (χ3v) is 4.19. The fraction of sp³-hybridized carbons (Fsp3) is 0.0556. The first-order valence-corrected chi connectivity index (χ1v) is 8.22. The predicted molar refractivity (Wildman–Crippen MR) is 94.1 cm³/mol. The molecule has 120 valence electrons. The molecule has 24 heavy (non-hydrogen) atoms. The summed E-state index contributed by atoms with van der Waals surface area (Å²) in [6.07, 6.45) is 3.40. The summed E-state index contributed by atoms with van der Waals surface area (Å²) < 4.78 is 0. The lowest BCUT2D eigenvalue weighted by Gasteiger charge is -2.07. The molecule has 5 nitrogen and oxygen atoms in total. The van der Waals surface area contributed by atoms with Crippen LogP contribution < -0.4 is 10.6 Å². The van der Waals surface area contributed by atoms with Crippen molar-refractivity contribution in [1.82, 2.24) is 10.3 Å². The number of nitrogens with zero attached hydrogens (tertiary/aromatic N) is 1. The summed E-state index contributed by atoms with van der Waals surface area (Å²) in [4.78, 5) is 28.7. The Bertz CT molecular complexity index is 815. The van der Waals surface area contributed by atoms with Gasteiger partial charge in [-0.3, -0.25) is 14.6 Å². The fourth-order valence-corrected chi connectivity index (χ4v) is 2.71. The van der Waals surface area contributed by atoms with Gasteiger partial charge in [0.25, 0.3) is 11.8 Å². The highest BCUT2D eigenvalue weighted by Crippen LogP contribution is 2.14. The Morgan fingerprint density at radius 1 is 1.00 bits per heavy atom. The number of hydrogen-bond acceptors (Lipinski definition) is 4. The van der Waals surface area contributed by atoms with Gasteiger partial charge in [0.2, 0.25) is 0 Å². The highest BCUT2D eigenvalue weighted by atomic mass is 32.1. The predicted octanol–water partition coefficient (Wildman–Crippen LogP) is 3.33. The van der Waals surface area contributed by atoms with Gasteiger partial charge < -0.3 is 10.6 Å². The molecule has 0 spiro atoms. The summed E-state index contributed by atoms with van der Waals surface area (Å²) in [5, 5.41) is 7.48. The minimum absolute atomic E-state index is 0.154. The lowest BCUT2D eigenvalue weighted by molar-refractivity contribution is 0.0950. The molecule has 2 aromatic heterocycles. The molecular formula is C18H15N3O2S. The molecule has 0 fully saturated rings. The van der Waals surface area contributed by atoms with Crippen LogP contribution in [0.25, 0.3) is 0 Å². The van der Waals surface area contributed by atoms with E-state index < -0.39 is 0 Å². The molecule has 6 heteroatoms. The van der Waals surface area contributed by atoms with Crippen molar-refractivity contribution < 1.29 is 9.59 Å². The van der Waals surface area contributed by atoms with Crippen LogP contribution in [0.5, 0.6) is 0 Å². The number of nitrogens with one attached hydrogen (secondary N) is 2. The summed E-state index contributed by atoms with van der Waals surface area (Å²) in [6, 6.07) is 14.1. The number of pyridine rings is 1. The molecule has 0 aliphatic rings. The molecule has 0 atom stereocenters. The fourth-order valence-electron chi connectivity index (χ4n) is 2.09. The average molecular weight is 337 g/mol. The Kier molecular flexibility index (Phi) is 4.98. The van der Waals surface area contributed by atoms with Crippen LogP contribution in [-0.4, -0.2) is 16.8 Å². The van der Waals surface area contributed by atoms with Crippen LogP contribution in [0.3, 0.4) is 0 Å². The number of hydrogen-bond donors (Lipinski definition) is 2. The lowest BCUT2D eigenvalue weighted by atomic mass is 10.2. The Balaban J connectivity index is 1.57. The van der Waals surface area contributed by atoms with Gasteiger partial charge >= 0.3 is 0 Å². The maximum atomic E-state index is 12.1. The summed E-state index contributed by atoms with van der Waals surface area (Å²) in [5.41, 5.74) is 2.12. The SMILES string of the molecule is O=C(NCc1cccnc1)c1ccc(NC(=O)c2cccs2)cc1. The van der Waals surface area contributed by atoms with E-state index in [0.717, 1.165) is 5.56 Å². The van der Waals surface area contributed by atoms with Crippen molar-refractivity contribution in [1.29, 1.82) is 0 Å². The highest BCUT2D eigenvalue weighted by molar-refractivity contribution is 7.12. The van der Waals surface area contributed by atoms with Crippen LogP contribution in [0.4, 0.5) is 5.69 Å². The van der Waals surface area contributed by atoms with Gasteiger partial charge in [0, 0.05) is 30.2 Å². The second kappa shape index (κ2) is 7.52. The zero-order valence-electron chi connectivity index (χ0n) is 12.7. The second-order valence-corrected chi connectivity index (χ2v) is 6.00. The number of rotatable bonds is 5.